The molecule has 32 heavy (non-hydrogen) atoms. The fourth-order valence-electron chi connectivity index (χ4n) is 2.63. The minimum absolute atomic E-state index is 0.0690. The topological polar surface area (TPSA) is 79.8 Å². The van der Waals surface area contributed by atoms with Crippen LogP contribution in [0.4, 0.5) is 10.1 Å². The highest BCUT2D eigenvalue weighted by molar-refractivity contribution is 9.10. The first-order chi connectivity index (χ1) is 15.5. The number of para-hydroxylation sites is 1. The summed E-state index contributed by atoms with van der Waals surface area (Å²) in [4.78, 5) is 23.7. The molecule has 0 radical (unpaired) electrons. The molecule has 6 nitrogen and oxygen atoms in total. The summed E-state index contributed by atoms with van der Waals surface area (Å²) in [6.07, 6.45) is 1.34. The van der Waals surface area contributed by atoms with Crippen molar-refractivity contribution in [3.8, 4) is 5.75 Å². The summed E-state index contributed by atoms with van der Waals surface area (Å²) in [5, 5.41) is 6.32. The second-order valence-electron chi connectivity index (χ2n) is 6.81. The minimum atomic E-state index is -0.528. The summed E-state index contributed by atoms with van der Waals surface area (Å²) in [6, 6.07) is 21.0. The van der Waals surface area contributed by atoms with Gasteiger partial charge in [0.05, 0.1) is 11.9 Å². The largest absolute Gasteiger partial charge is 0.489 e. The second kappa shape index (κ2) is 11.8. The molecule has 2 amide bonds. The van der Waals surface area contributed by atoms with Crippen molar-refractivity contribution >= 4 is 39.6 Å². The Balaban J connectivity index is 1.38. The zero-order valence-electron chi connectivity index (χ0n) is 17.1. The van der Waals surface area contributed by atoms with Crippen molar-refractivity contribution < 1.29 is 18.7 Å². The molecule has 0 heterocycles. The minimum Gasteiger partial charge on any atom is -0.489 e. The van der Waals surface area contributed by atoms with Gasteiger partial charge in [0.25, 0.3) is 0 Å². The Bertz CT molecular complexity index is 1090. The Morgan fingerprint density at radius 2 is 1.62 bits per heavy atom. The molecule has 0 aliphatic heterocycles. The van der Waals surface area contributed by atoms with E-state index in [1.807, 2.05) is 48.5 Å². The zero-order valence-corrected chi connectivity index (χ0v) is 18.6. The zero-order chi connectivity index (χ0) is 22.8. The standard InChI is InChI=1S/C24H21BrFN3O3/c25-19-9-5-18(6-10-19)16-32-20-11-7-17(8-12-20)15-27-29-24(31)14-13-23(30)28-22-4-2-1-3-21(22)26/h1-12,15H,13-14,16H2,(H,28,30)(H,29,31). The normalized spacial score (nSPS) is 10.7. The molecule has 0 aliphatic rings. The van der Waals surface area contributed by atoms with E-state index in [2.05, 4.69) is 31.8 Å². The van der Waals surface area contributed by atoms with Gasteiger partial charge in [0.2, 0.25) is 11.8 Å². The molecule has 0 aliphatic carbocycles. The number of halogens is 2. The van der Waals surface area contributed by atoms with Crippen molar-refractivity contribution in [1.29, 1.82) is 0 Å². The molecule has 3 aromatic carbocycles. The monoisotopic (exact) mass is 497 g/mol. The third-order valence-corrected chi connectivity index (χ3v) is 4.86. The Labute approximate surface area is 193 Å². The van der Waals surface area contributed by atoms with E-state index in [9.17, 15) is 14.0 Å². The van der Waals surface area contributed by atoms with Crippen molar-refractivity contribution in [3.05, 3.63) is 94.2 Å². The maximum Gasteiger partial charge on any atom is 0.240 e. The predicted octanol–water partition coefficient (Wildman–Crippen LogP) is 5.04. The van der Waals surface area contributed by atoms with Crippen LogP contribution in [0.15, 0.2) is 82.4 Å². The number of anilines is 1. The average molecular weight is 498 g/mol. The van der Waals surface area contributed by atoms with Crippen LogP contribution in [0, 0.1) is 5.82 Å². The molecule has 3 rings (SSSR count). The summed E-state index contributed by atoms with van der Waals surface area (Å²) < 4.78 is 20.3. The van der Waals surface area contributed by atoms with Crippen LogP contribution in [0.5, 0.6) is 5.75 Å². The van der Waals surface area contributed by atoms with Crippen molar-refractivity contribution in [1.82, 2.24) is 5.43 Å². The molecule has 0 saturated heterocycles. The Morgan fingerprint density at radius 3 is 2.34 bits per heavy atom. The molecule has 164 valence electrons. The first kappa shape index (κ1) is 23.1. The van der Waals surface area contributed by atoms with Gasteiger partial charge in [-0.3, -0.25) is 9.59 Å². The number of hydrazone groups is 1. The van der Waals surface area contributed by atoms with E-state index < -0.39 is 17.6 Å². The summed E-state index contributed by atoms with van der Waals surface area (Å²) in [5.74, 6) is -0.679. The number of nitrogens with zero attached hydrogens (tertiary/aromatic N) is 1. The molecule has 0 atom stereocenters. The number of nitrogens with one attached hydrogen (secondary N) is 2. The van der Waals surface area contributed by atoms with Gasteiger partial charge in [-0.25, -0.2) is 9.82 Å². The first-order valence-electron chi connectivity index (χ1n) is 9.83. The molecular formula is C24H21BrFN3O3. The lowest BCUT2D eigenvalue weighted by Gasteiger charge is -2.06. The molecule has 8 heteroatoms. The van der Waals surface area contributed by atoms with Crippen LogP contribution in [0.25, 0.3) is 0 Å². The number of hydrogen-bond acceptors (Lipinski definition) is 4. The number of ether oxygens (including phenoxy) is 1. The van der Waals surface area contributed by atoms with Crippen molar-refractivity contribution in [2.24, 2.45) is 5.10 Å². The van der Waals surface area contributed by atoms with Crippen molar-refractivity contribution in [2.45, 2.75) is 19.4 Å². The van der Waals surface area contributed by atoms with Gasteiger partial charge in [-0.2, -0.15) is 5.10 Å². The van der Waals surface area contributed by atoms with Gasteiger partial charge in [-0.05, 0) is 59.7 Å². The smallest absolute Gasteiger partial charge is 0.240 e. The average Bonchev–Trinajstić information content (AvgIpc) is 2.80. The summed E-state index contributed by atoms with van der Waals surface area (Å²) >= 11 is 3.40. The molecule has 0 saturated carbocycles. The van der Waals surface area contributed by atoms with Gasteiger partial charge in [-0.1, -0.05) is 40.2 Å². The summed E-state index contributed by atoms with van der Waals surface area (Å²) in [5.41, 5.74) is 4.29. The summed E-state index contributed by atoms with van der Waals surface area (Å²) in [7, 11) is 0. The molecule has 0 fully saturated rings. The summed E-state index contributed by atoms with van der Waals surface area (Å²) in [6.45, 7) is 0.460. The quantitative estimate of drug-likeness (QED) is 0.321. The van der Waals surface area contributed by atoms with Gasteiger partial charge in [-0.15, -0.1) is 0 Å². The SMILES string of the molecule is O=C(CCC(=O)Nc1ccccc1F)NN=Cc1ccc(OCc2ccc(Br)cc2)cc1. The predicted molar refractivity (Wildman–Crippen MR) is 125 cm³/mol. The van der Waals surface area contributed by atoms with Gasteiger partial charge >= 0.3 is 0 Å². The number of carbonyl (C=O) groups is 2. The van der Waals surface area contributed by atoms with E-state index >= 15 is 0 Å². The number of carbonyl (C=O) groups excluding carboxylic acids is 2. The van der Waals surface area contributed by atoms with Crippen LogP contribution in [-0.4, -0.2) is 18.0 Å². The van der Waals surface area contributed by atoms with Crippen LogP contribution >= 0.6 is 15.9 Å². The fraction of sp³-hybridized carbons (Fsp3) is 0.125. The molecule has 0 aromatic heterocycles. The van der Waals surface area contributed by atoms with Crippen LogP contribution < -0.4 is 15.5 Å². The Kier molecular flexibility index (Phi) is 8.51. The van der Waals surface area contributed by atoms with E-state index in [4.69, 9.17) is 4.74 Å². The maximum absolute atomic E-state index is 13.5. The van der Waals surface area contributed by atoms with Crippen LogP contribution in [-0.2, 0) is 16.2 Å². The van der Waals surface area contributed by atoms with Crippen molar-refractivity contribution in [2.75, 3.05) is 5.32 Å². The van der Waals surface area contributed by atoms with Crippen LogP contribution in [0.2, 0.25) is 0 Å². The number of rotatable bonds is 9. The van der Waals surface area contributed by atoms with Gasteiger partial charge in [0.1, 0.15) is 18.2 Å². The highest BCUT2D eigenvalue weighted by atomic mass is 79.9. The molecule has 3 aromatic rings. The van der Waals surface area contributed by atoms with E-state index in [-0.39, 0.29) is 18.5 Å². The fourth-order valence-corrected chi connectivity index (χ4v) is 2.90. The highest BCUT2D eigenvalue weighted by Gasteiger charge is 2.09. The number of benzene rings is 3. The first-order valence-corrected chi connectivity index (χ1v) is 10.6. The number of amides is 2. The van der Waals surface area contributed by atoms with Crippen LogP contribution in [0.1, 0.15) is 24.0 Å². The molecular weight excluding hydrogens is 477 g/mol. The van der Waals surface area contributed by atoms with Gasteiger partial charge in [0, 0.05) is 17.3 Å². The van der Waals surface area contributed by atoms with Crippen LogP contribution in [0.3, 0.4) is 0 Å². The highest BCUT2D eigenvalue weighted by Crippen LogP contribution is 2.16. The molecule has 0 spiro atoms. The lowest BCUT2D eigenvalue weighted by Crippen LogP contribution is -2.20. The Hall–Kier alpha value is -3.52. The van der Waals surface area contributed by atoms with Gasteiger partial charge in [0.15, 0.2) is 0 Å². The number of hydrogen-bond donors (Lipinski definition) is 2. The van der Waals surface area contributed by atoms with Gasteiger partial charge < -0.3 is 10.1 Å². The maximum atomic E-state index is 13.5. The molecule has 2 N–H and O–H groups in total. The molecule has 0 unspecified atom stereocenters. The van der Waals surface area contributed by atoms with Crippen molar-refractivity contribution in [3.63, 3.8) is 0 Å². The second-order valence-corrected chi connectivity index (χ2v) is 7.72. The van der Waals surface area contributed by atoms with E-state index in [0.717, 1.165) is 21.3 Å². The molecule has 0 bridgehead atoms. The Morgan fingerprint density at radius 1 is 0.938 bits per heavy atom. The third-order valence-electron chi connectivity index (χ3n) is 4.33. The lowest BCUT2D eigenvalue weighted by molar-refractivity contribution is -0.124. The van der Waals surface area contributed by atoms with E-state index in [1.165, 1.54) is 24.4 Å². The lowest BCUT2D eigenvalue weighted by atomic mass is 10.2. The van der Waals surface area contributed by atoms with E-state index in [0.29, 0.717) is 6.61 Å². The third kappa shape index (κ3) is 7.63. The van der Waals surface area contributed by atoms with E-state index in [1.54, 1.807) is 6.07 Å².